The molecule has 0 saturated carbocycles. The first-order valence-corrected chi connectivity index (χ1v) is 11.6. The molecule has 9 heteroatoms. The Morgan fingerprint density at radius 3 is 2.33 bits per heavy atom. The molecule has 0 unspecified atom stereocenters. The van der Waals surface area contributed by atoms with Crippen molar-refractivity contribution in [2.75, 3.05) is 33.8 Å². The first-order chi connectivity index (χ1) is 17.4. The van der Waals surface area contributed by atoms with Gasteiger partial charge in [0.1, 0.15) is 5.75 Å². The number of benzene rings is 2. The van der Waals surface area contributed by atoms with Gasteiger partial charge in [-0.25, -0.2) is 0 Å². The van der Waals surface area contributed by atoms with Crippen LogP contribution in [0.2, 0.25) is 0 Å². The predicted molar refractivity (Wildman–Crippen MR) is 131 cm³/mol. The number of aryl methyl sites for hydroxylation is 1. The molecule has 0 bridgehead atoms. The molecular weight excluding hydrogens is 464 g/mol. The molecule has 0 fully saturated rings. The molecule has 36 heavy (non-hydrogen) atoms. The molecule has 0 radical (unpaired) electrons. The van der Waals surface area contributed by atoms with Gasteiger partial charge < -0.3 is 33.9 Å². The summed E-state index contributed by atoms with van der Waals surface area (Å²) in [7, 11) is 6.22. The first kappa shape index (κ1) is 23.6. The zero-order valence-electron chi connectivity index (χ0n) is 20.8. The Kier molecular flexibility index (Phi) is 5.99. The number of Topliss-reactive ketones (excluding diaryl/α,β-unsaturated/α-hetero) is 1. The molecule has 2 heterocycles. The van der Waals surface area contributed by atoms with Crippen molar-refractivity contribution in [3.8, 4) is 28.7 Å². The molecule has 5 rings (SSSR count). The molecule has 0 saturated heterocycles. The molecule has 1 aromatic heterocycles. The Hall–Kier alpha value is -4.14. The van der Waals surface area contributed by atoms with Gasteiger partial charge in [-0.15, -0.1) is 0 Å². The Balaban J connectivity index is 1.65. The van der Waals surface area contributed by atoms with Gasteiger partial charge in [0.25, 0.3) is 0 Å². The van der Waals surface area contributed by atoms with Crippen molar-refractivity contribution in [3.63, 3.8) is 0 Å². The van der Waals surface area contributed by atoms with E-state index in [1.807, 2.05) is 19.1 Å². The molecule has 3 aromatic rings. The standard InChI is InChI=1S/C27H28N2O7/c1-13-24-25(16-11-22(34-4)23(35-5)12-20(16)32-2)26-17(28-27(24)36-29-13)8-15(9-19(26)31)14-6-7-18(30)21(10-14)33-3/h6-7,10-12,15,25,28,30H,8-9H2,1-5H3/t15-,25-/m0/s1. The number of aromatic nitrogens is 1. The summed E-state index contributed by atoms with van der Waals surface area (Å²) in [5, 5.41) is 17.5. The number of carbonyl (C=O) groups is 1. The van der Waals surface area contributed by atoms with Crippen LogP contribution in [0.1, 0.15) is 47.1 Å². The lowest BCUT2D eigenvalue weighted by molar-refractivity contribution is -0.116. The SMILES string of the molecule is COc1cc([C@@H]2CC(=O)C3=C(C2)Nc2onc(C)c2[C@@H]3c2cc(OC)c(OC)cc2OC)ccc1O. The maximum absolute atomic E-state index is 13.8. The van der Waals surface area contributed by atoms with Gasteiger partial charge in [-0.1, -0.05) is 11.2 Å². The topological polar surface area (TPSA) is 112 Å². The summed E-state index contributed by atoms with van der Waals surface area (Å²) in [6, 6.07) is 8.80. The van der Waals surface area contributed by atoms with E-state index in [2.05, 4.69) is 10.5 Å². The van der Waals surface area contributed by atoms with Crippen LogP contribution in [0, 0.1) is 6.92 Å². The molecule has 9 nitrogen and oxygen atoms in total. The second-order valence-electron chi connectivity index (χ2n) is 8.87. The van der Waals surface area contributed by atoms with E-state index in [4.69, 9.17) is 23.5 Å². The summed E-state index contributed by atoms with van der Waals surface area (Å²) in [6.07, 6.45) is 0.876. The van der Waals surface area contributed by atoms with Crippen LogP contribution in [-0.4, -0.2) is 44.5 Å². The lowest BCUT2D eigenvalue weighted by Crippen LogP contribution is -2.29. The number of anilines is 1. The maximum atomic E-state index is 13.8. The monoisotopic (exact) mass is 492 g/mol. The zero-order chi connectivity index (χ0) is 25.6. The fourth-order valence-corrected chi connectivity index (χ4v) is 5.25. The molecule has 0 spiro atoms. The van der Waals surface area contributed by atoms with Gasteiger partial charge in [0.2, 0.25) is 5.88 Å². The maximum Gasteiger partial charge on any atom is 0.233 e. The number of phenolic OH excluding ortho intramolecular Hbond substituents is 1. The van der Waals surface area contributed by atoms with Gasteiger partial charge in [0, 0.05) is 29.3 Å². The average Bonchev–Trinajstić information content (AvgIpc) is 3.26. The number of nitrogens with one attached hydrogen (secondary N) is 1. The molecule has 1 aliphatic heterocycles. The van der Waals surface area contributed by atoms with Crippen LogP contribution in [0.4, 0.5) is 5.88 Å². The smallest absolute Gasteiger partial charge is 0.233 e. The van der Waals surface area contributed by atoms with Crippen LogP contribution in [0.3, 0.4) is 0 Å². The Morgan fingerprint density at radius 2 is 1.64 bits per heavy atom. The molecular formula is C27H28N2O7. The number of fused-ring (bicyclic) bond motifs is 1. The van der Waals surface area contributed by atoms with Crippen molar-refractivity contribution >= 4 is 11.7 Å². The number of carbonyl (C=O) groups excluding carboxylic acids is 1. The lowest BCUT2D eigenvalue weighted by atomic mass is 9.72. The first-order valence-electron chi connectivity index (χ1n) is 11.6. The minimum absolute atomic E-state index is 0.00822. The molecule has 2 aliphatic rings. The fourth-order valence-electron chi connectivity index (χ4n) is 5.25. The van der Waals surface area contributed by atoms with Crippen molar-refractivity contribution in [2.24, 2.45) is 0 Å². The van der Waals surface area contributed by atoms with Crippen molar-refractivity contribution < 1.29 is 33.4 Å². The Morgan fingerprint density at radius 1 is 0.944 bits per heavy atom. The van der Waals surface area contributed by atoms with Crippen LogP contribution in [0.5, 0.6) is 28.7 Å². The molecule has 2 N–H and O–H groups in total. The Labute approximate surface area is 208 Å². The van der Waals surface area contributed by atoms with Gasteiger partial charge in [0.05, 0.1) is 45.6 Å². The number of nitrogens with zero attached hydrogens (tertiary/aromatic N) is 1. The highest BCUT2D eigenvalue weighted by Gasteiger charge is 2.42. The van der Waals surface area contributed by atoms with E-state index in [1.165, 1.54) is 7.11 Å². The number of aromatic hydroxyl groups is 1. The van der Waals surface area contributed by atoms with E-state index < -0.39 is 5.92 Å². The predicted octanol–water partition coefficient (Wildman–Crippen LogP) is 4.68. The molecule has 1 aliphatic carbocycles. The molecule has 0 amide bonds. The number of hydrogen-bond acceptors (Lipinski definition) is 9. The van der Waals surface area contributed by atoms with E-state index in [1.54, 1.807) is 39.5 Å². The van der Waals surface area contributed by atoms with Crippen LogP contribution < -0.4 is 24.3 Å². The average molecular weight is 493 g/mol. The second-order valence-corrected chi connectivity index (χ2v) is 8.87. The van der Waals surface area contributed by atoms with Gasteiger partial charge in [0.15, 0.2) is 28.8 Å². The van der Waals surface area contributed by atoms with Gasteiger partial charge in [-0.2, -0.15) is 0 Å². The number of phenols is 1. The highest BCUT2D eigenvalue weighted by Crippen LogP contribution is 2.52. The van der Waals surface area contributed by atoms with Gasteiger partial charge in [-0.05, 0) is 43.0 Å². The van der Waals surface area contributed by atoms with Crippen molar-refractivity contribution in [3.05, 3.63) is 64.0 Å². The highest BCUT2D eigenvalue weighted by atomic mass is 16.5. The van der Waals surface area contributed by atoms with Gasteiger partial charge in [-0.3, -0.25) is 4.79 Å². The summed E-state index contributed by atoms with van der Waals surface area (Å²) < 4.78 is 27.7. The third-order valence-electron chi connectivity index (χ3n) is 6.98. The zero-order valence-corrected chi connectivity index (χ0v) is 20.8. The van der Waals surface area contributed by atoms with Crippen LogP contribution >= 0.6 is 0 Å². The van der Waals surface area contributed by atoms with Crippen LogP contribution in [0.15, 0.2) is 46.1 Å². The van der Waals surface area contributed by atoms with Crippen molar-refractivity contribution in [1.82, 2.24) is 5.16 Å². The van der Waals surface area contributed by atoms with Crippen molar-refractivity contribution in [1.29, 1.82) is 0 Å². The van der Waals surface area contributed by atoms with E-state index in [-0.39, 0.29) is 17.5 Å². The third-order valence-corrected chi connectivity index (χ3v) is 6.98. The number of methoxy groups -OCH3 is 4. The molecule has 2 atom stereocenters. The number of ketones is 1. The summed E-state index contributed by atoms with van der Waals surface area (Å²) in [5.41, 5.74) is 4.57. The van der Waals surface area contributed by atoms with Gasteiger partial charge >= 0.3 is 0 Å². The number of allylic oxidation sites excluding steroid dienone is 2. The number of ether oxygens (including phenoxy) is 4. The number of hydrogen-bond donors (Lipinski definition) is 2. The minimum Gasteiger partial charge on any atom is -0.504 e. The fraction of sp³-hybridized carbons (Fsp3) is 0.333. The second kappa shape index (κ2) is 9.14. The summed E-state index contributed by atoms with van der Waals surface area (Å²) >= 11 is 0. The summed E-state index contributed by atoms with van der Waals surface area (Å²) in [5.74, 6) is 2.01. The van der Waals surface area contributed by atoms with E-state index in [0.717, 1.165) is 22.4 Å². The van der Waals surface area contributed by atoms with E-state index in [9.17, 15) is 9.90 Å². The quantitative estimate of drug-likeness (QED) is 0.506. The largest absolute Gasteiger partial charge is 0.504 e. The number of rotatable bonds is 6. The van der Waals surface area contributed by atoms with E-state index >= 15 is 0 Å². The molecule has 188 valence electrons. The van der Waals surface area contributed by atoms with E-state index in [0.29, 0.717) is 53.0 Å². The minimum atomic E-state index is -0.458. The van der Waals surface area contributed by atoms with Crippen LogP contribution in [0.25, 0.3) is 0 Å². The Bertz CT molecular complexity index is 1370. The molecule has 2 aromatic carbocycles. The third kappa shape index (κ3) is 3.71. The van der Waals surface area contributed by atoms with Crippen molar-refractivity contribution in [2.45, 2.75) is 31.6 Å². The summed E-state index contributed by atoms with van der Waals surface area (Å²) in [6.45, 7) is 1.86. The normalized spacial score (nSPS) is 18.8. The highest BCUT2D eigenvalue weighted by molar-refractivity contribution is 6.01. The lowest BCUT2D eigenvalue weighted by Gasteiger charge is -2.35. The summed E-state index contributed by atoms with van der Waals surface area (Å²) in [4.78, 5) is 13.8. The van der Waals surface area contributed by atoms with Crippen LogP contribution in [-0.2, 0) is 4.79 Å².